The van der Waals surface area contributed by atoms with Crippen LogP contribution >= 0.6 is 15.9 Å². The molecular weight excluding hydrogens is 374 g/mol. The summed E-state index contributed by atoms with van der Waals surface area (Å²) >= 11 is 3.25. The monoisotopic (exact) mass is 391 g/mol. The number of anilines is 1. The zero-order chi connectivity index (χ0) is 17.6. The van der Waals surface area contributed by atoms with E-state index in [0.717, 1.165) is 0 Å². The molecule has 0 unspecified atom stereocenters. The van der Waals surface area contributed by atoms with Crippen molar-refractivity contribution >= 4 is 33.5 Å². The van der Waals surface area contributed by atoms with Crippen molar-refractivity contribution in [2.45, 2.75) is 12.5 Å². The molecule has 1 atom stereocenters. The van der Waals surface area contributed by atoms with Gasteiger partial charge in [-0.1, -0.05) is 46.3 Å². The predicted octanol–water partition coefficient (Wildman–Crippen LogP) is 3.64. The summed E-state index contributed by atoms with van der Waals surface area (Å²) in [6, 6.07) is 15.6. The van der Waals surface area contributed by atoms with Crippen LogP contribution in [-0.2, 0) is 9.53 Å². The molecule has 1 N–H and O–H groups in total. The number of hydrogen-bond acceptors (Lipinski definition) is 4. The van der Waals surface area contributed by atoms with Gasteiger partial charge in [0.1, 0.15) is 5.75 Å². The summed E-state index contributed by atoms with van der Waals surface area (Å²) in [7, 11) is 1.52. The van der Waals surface area contributed by atoms with Crippen molar-refractivity contribution < 1.29 is 19.1 Å². The van der Waals surface area contributed by atoms with Crippen molar-refractivity contribution in [1.29, 1.82) is 0 Å². The maximum Gasteiger partial charge on any atom is 0.339 e. The Morgan fingerprint density at radius 3 is 2.33 bits per heavy atom. The molecule has 2 aromatic rings. The van der Waals surface area contributed by atoms with Crippen molar-refractivity contribution in [2.24, 2.45) is 0 Å². The molecule has 0 spiro atoms. The normalized spacial score (nSPS) is 12.8. The van der Waals surface area contributed by atoms with Gasteiger partial charge >= 0.3 is 5.97 Å². The smallest absolute Gasteiger partial charge is 0.339 e. The number of benzene rings is 2. The van der Waals surface area contributed by atoms with Gasteiger partial charge in [0.2, 0.25) is 0 Å². The van der Waals surface area contributed by atoms with Crippen molar-refractivity contribution in [3.63, 3.8) is 0 Å². The fourth-order valence-corrected chi connectivity index (χ4v) is 2.34. The summed E-state index contributed by atoms with van der Waals surface area (Å²) < 4.78 is 10.7. The van der Waals surface area contributed by atoms with E-state index in [2.05, 4.69) is 21.2 Å². The van der Waals surface area contributed by atoms with Crippen LogP contribution in [-0.4, -0.2) is 29.9 Å². The zero-order valence-corrected chi connectivity index (χ0v) is 15.0. The van der Waals surface area contributed by atoms with Gasteiger partial charge in [-0.3, -0.25) is 4.79 Å². The van der Waals surface area contributed by atoms with E-state index in [0.29, 0.717) is 17.0 Å². The second-order valence-corrected chi connectivity index (χ2v) is 5.84. The minimum Gasteiger partial charge on any atom is -0.495 e. The number of amides is 1. The number of rotatable bonds is 6. The van der Waals surface area contributed by atoms with Gasteiger partial charge in [0.15, 0.2) is 5.60 Å². The van der Waals surface area contributed by atoms with Gasteiger partial charge in [0.25, 0.3) is 5.91 Å². The molecule has 0 radical (unpaired) electrons. The highest BCUT2D eigenvalue weighted by atomic mass is 79.9. The number of para-hydroxylation sites is 2. The third-order valence-corrected chi connectivity index (χ3v) is 4.49. The first kappa shape index (κ1) is 18.0. The molecule has 0 bridgehead atoms. The van der Waals surface area contributed by atoms with Crippen LogP contribution in [0.2, 0.25) is 0 Å². The van der Waals surface area contributed by atoms with Crippen LogP contribution in [0, 0.1) is 0 Å². The molecule has 2 rings (SSSR count). The maximum absolute atomic E-state index is 12.6. The van der Waals surface area contributed by atoms with E-state index in [9.17, 15) is 9.59 Å². The Kier molecular flexibility index (Phi) is 5.98. The Morgan fingerprint density at radius 1 is 1.08 bits per heavy atom. The van der Waals surface area contributed by atoms with Crippen molar-refractivity contribution in [2.75, 3.05) is 17.8 Å². The number of carbonyl (C=O) groups excluding carboxylic acids is 2. The summed E-state index contributed by atoms with van der Waals surface area (Å²) in [6.45, 7) is 1.55. The molecule has 0 aliphatic rings. The lowest BCUT2D eigenvalue weighted by atomic mass is 10.1. The lowest BCUT2D eigenvalue weighted by molar-refractivity contribution is -0.131. The minimum absolute atomic E-state index is 0.152. The van der Waals surface area contributed by atoms with Crippen LogP contribution in [0.3, 0.4) is 0 Å². The number of esters is 1. The number of alkyl halides is 1. The third-order valence-electron chi connectivity index (χ3n) is 3.42. The first-order valence-electron chi connectivity index (χ1n) is 7.29. The van der Waals surface area contributed by atoms with E-state index in [1.54, 1.807) is 61.5 Å². The highest BCUT2D eigenvalue weighted by Gasteiger charge is 2.37. The molecule has 0 fully saturated rings. The molecular formula is C18H18BrNO4. The maximum atomic E-state index is 12.6. The van der Waals surface area contributed by atoms with Gasteiger partial charge in [-0.25, -0.2) is 4.79 Å². The number of halogens is 1. The molecule has 0 saturated heterocycles. The number of carbonyl (C=O) groups is 2. The van der Waals surface area contributed by atoms with Crippen molar-refractivity contribution in [3.05, 3.63) is 60.2 Å². The second kappa shape index (κ2) is 7.97. The largest absolute Gasteiger partial charge is 0.495 e. The third kappa shape index (κ3) is 4.14. The highest BCUT2D eigenvalue weighted by Crippen LogP contribution is 2.26. The van der Waals surface area contributed by atoms with Gasteiger partial charge in [-0.15, -0.1) is 0 Å². The quantitative estimate of drug-likeness (QED) is 0.602. The summed E-state index contributed by atoms with van der Waals surface area (Å²) in [5.74, 6) is -0.488. The van der Waals surface area contributed by atoms with Gasteiger partial charge < -0.3 is 14.8 Å². The molecule has 5 nitrogen and oxygen atoms in total. The standard InChI is InChI=1S/C18H18BrNO4/c1-18(12-19,24-16(21)13-8-4-3-5-9-13)17(22)20-14-10-6-7-11-15(14)23-2/h3-11H,12H2,1-2H3,(H,20,22)/t18-/m1/s1. The summed E-state index contributed by atoms with van der Waals surface area (Å²) in [5.41, 5.74) is -0.476. The van der Waals surface area contributed by atoms with Crippen molar-refractivity contribution in [3.8, 4) is 5.75 Å². The molecule has 1 amide bonds. The van der Waals surface area contributed by atoms with Crippen LogP contribution < -0.4 is 10.1 Å². The Morgan fingerprint density at radius 2 is 1.71 bits per heavy atom. The van der Waals surface area contributed by atoms with Gasteiger partial charge in [0.05, 0.1) is 23.7 Å². The van der Waals surface area contributed by atoms with Gasteiger partial charge in [-0.05, 0) is 31.2 Å². The topological polar surface area (TPSA) is 64.6 Å². The van der Waals surface area contributed by atoms with E-state index in [1.807, 2.05) is 0 Å². The lowest BCUT2D eigenvalue weighted by Gasteiger charge is -2.26. The van der Waals surface area contributed by atoms with E-state index in [1.165, 1.54) is 7.11 Å². The number of hydrogen-bond donors (Lipinski definition) is 1. The molecule has 24 heavy (non-hydrogen) atoms. The summed E-state index contributed by atoms with van der Waals surface area (Å²) in [4.78, 5) is 24.9. The first-order valence-corrected chi connectivity index (χ1v) is 8.41. The second-order valence-electron chi connectivity index (χ2n) is 5.27. The van der Waals surface area contributed by atoms with E-state index in [-0.39, 0.29) is 5.33 Å². The van der Waals surface area contributed by atoms with Crippen LogP contribution in [0.4, 0.5) is 5.69 Å². The average Bonchev–Trinajstić information content (AvgIpc) is 2.62. The molecule has 0 heterocycles. The van der Waals surface area contributed by atoms with Crippen LogP contribution in [0.5, 0.6) is 5.75 Å². The number of ether oxygens (including phenoxy) is 2. The first-order chi connectivity index (χ1) is 11.5. The van der Waals surface area contributed by atoms with Crippen LogP contribution in [0.15, 0.2) is 54.6 Å². The van der Waals surface area contributed by atoms with Crippen LogP contribution in [0.1, 0.15) is 17.3 Å². The van der Waals surface area contributed by atoms with Crippen LogP contribution in [0.25, 0.3) is 0 Å². The predicted molar refractivity (Wildman–Crippen MR) is 95.7 cm³/mol. The van der Waals surface area contributed by atoms with E-state index in [4.69, 9.17) is 9.47 Å². The number of nitrogens with one attached hydrogen (secondary N) is 1. The SMILES string of the molecule is COc1ccccc1NC(=O)[C@@](C)(CBr)OC(=O)c1ccccc1. The molecule has 0 aromatic heterocycles. The molecule has 0 aliphatic heterocycles. The Hall–Kier alpha value is -2.34. The Labute approximate surface area is 149 Å². The molecule has 2 aromatic carbocycles. The fraction of sp³-hybridized carbons (Fsp3) is 0.222. The van der Waals surface area contributed by atoms with Crippen molar-refractivity contribution in [1.82, 2.24) is 0 Å². The van der Waals surface area contributed by atoms with E-state index >= 15 is 0 Å². The average molecular weight is 392 g/mol. The Balaban J connectivity index is 2.16. The molecule has 0 saturated carbocycles. The van der Waals surface area contributed by atoms with Gasteiger partial charge in [0, 0.05) is 0 Å². The molecule has 126 valence electrons. The minimum atomic E-state index is -1.37. The summed E-state index contributed by atoms with van der Waals surface area (Å²) in [5, 5.41) is 2.89. The molecule has 0 aliphatic carbocycles. The number of methoxy groups -OCH3 is 1. The zero-order valence-electron chi connectivity index (χ0n) is 13.4. The molecule has 6 heteroatoms. The van der Waals surface area contributed by atoms with Gasteiger partial charge in [-0.2, -0.15) is 0 Å². The Bertz CT molecular complexity index is 720. The lowest BCUT2D eigenvalue weighted by Crippen LogP contribution is -2.46. The highest BCUT2D eigenvalue weighted by molar-refractivity contribution is 9.09. The fourth-order valence-electron chi connectivity index (χ4n) is 1.97. The summed E-state index contributed by atoms with van der Waals surface area (Å²) in [6.07, 6.45) is 0. The van der Waals surface area contributed by atoms with E-state index < -0.39 is 17.5 Å².